The van der Waals surface area contributed by atoms with Crippen molar-refractivity contribution in [2.24, 2.45) is 0 Å². The number of amides is 1. The maximum atomic E-state index is 12.5. The summed E-state index contributed by atoms with van der Waals surface area (Å²) in [5.41, 5.74) is 1.87. The average Bonchev–Trinajstić information content (AvgIpc) is 3.33. The largest absolute Gasteiger partial charge is 0.311 e. The van der Waals surface area contributed by atoms with Gasteiger partial charge in [-0.05, 0) is 30.5 Å². The highest BCUT2D eigenvalue weighted by Crippen LogP contribution is 2.29. The first-order valence-electron chi connectivity index (χ1n) is 9.22. The van der Waals surface area contributed by atoms with Gasteiger partial charge in [0.2, 0.25) is 5.91 Å². The van der Waals surface area contributed by atoms with Crippen LogP contribution in [-0.2, 0) is 11.2 Å². The van der Waals surface area contributed by atoms with Crippen molar-refractivity contribution in [2.75, 3.05) is 5.32 Å². The minimum Gasteiger partial charge on any atom is -0.311 e. The second-order valence-electron chi connectivity index (χ2n) is 6.81. The number of benzene rings is 1. The van der Waals surface area contributed by atoms with Crippen molar-refractivity contribution in [3.8, 4) is 5.69 Å². The highest BCUT2D eigenvalue weighted by Gasteiger charge is 2.19. The van der Waals surface area contributed by atoms with E-state index in [9.17, 15) is 4.79 Å². The van der Waals surface area contributed by atoms with Crippen molar-refractivity contribution in [3.05, 3.63) is 60.6 Å². The molecule has 1 aliphatic carbocycles. The van der Waals surface area contributed by atoms with Crippen LogP contribution in [0.4, 0.5) is 5.82 Å². The molecule has 1 aromatic carbocycles. The van der Waals surface area contributed by atoms with Gasteiger partial charge in [-0.1, -0.05) is 37.5 Å². The Morgan fingerprint density at radius 2 is 1.88 bits per heavy atom. The van der Waals surface area contributed by atoms with Crippen molar-refractivity contribution in [1.82, 2.24) is 19.6 Å². The molecule has 0 saturated heterocycles. The highest BCUT2D eigenvalue weighted by atomic mass is 16.1. The average molecular weight is 349 g/mol. The number of nitrogens with zero attached hydrogens (tertiary/aromatic N) is 4. The topological polar surface area (TPSA) is 64.7 Å². The first-order valence-corrected chi connectivity index (χ1v) is 9.22. The Bertz CT molecular complexity index is 861. The van der Waals surface area contributed by atoms with Crippen LogP contribution in [0.3, 0.4) is 0 Å². The molecule has 0 aliphatic heterocycles. The number of carbonyl (C=O) groups excluding carboxylic acids is 1. The molecule has 0 radical (unpaired) electrons. The summed E-state index contributed by atoms with van der Waals surface area (Å²) in [5.74, 6) is 0.743. The van der Waals surface area contributed by atoms with Gasteiger partial charge in [-0.3, -0.25) is 4.79 Å². The van der Waals surface area contributed by atoms with E-state index in [4.69, 9.17) is 0 Å². The van der Waals surface area contributed by atoms with Crippen molar-refractivity contribution in [1.29, 1.82) is 0 Å². The molecule has 1 amide bonds. The Labute approximate surface area is 152 Å². The number of rotatable bonds is 5. The fourth-order valence-corrected chi connectivity index (χ4v) is 3.58. The SMILES string of the molecule is O=C(Cc1cnn(-c2ccccc2)c1)Nc1ccnn1C1CCCCC1. The van der Waals surface area contributed by atoms with E-state index in [2.05, 4.69) is 15.5 Å². The summed E-state index contributed by atoms with van der Waals surface area (Å²) in [4.78, 5) is 12.5. The van der Waals surface area contributed by atoms with Crippen LogP contribution in [0.15, 0.2) is 55.0 Å². The number of hydrogen-bond acceptors (Lipinski definition) is 3. The van der Waals surface area contributed by atoms with E-state index in [1.54, 1.807) is 17.1 Å². The molecule has 1 aliphatic rings. The zero-order valence-electron chi connectivity index (χ0n) is 14.7. The summed E-state index contributed by atoms with van der Waals surface area (Å²) in [6.45, 7) is 0. The van der Waals surface area contributed by atoms with Crippen LogP contribution in [0.25, 0.3) is 5.69 Å². The van der Waals surface area contributed by atoms with E-state index < -0.39 is 0 Å². The van der Waals surface area contributed by atoms with Crippen LogP contribution in [0.2, 0.25) is 0 Å². The van der Waals surface area contributed by atoms with E-state index in [0.717, 1.165) is 29.9 Å². The lowest BCUT2D eigenvalue weighted by molar-refractivity contribution is -0.115. The van der Waals surface area contributed by atoms with Crippen LogP contribution in [0.5, 0.6) is 0 Å². The molecule has 1 saturated carbocycles. The number of anilines is 1. The Morgan fingerprint density at radius 3 is 2.69 bits per heavy atom. The third-order valence-corrected chi connectivity index (χ3v) is 4.88. The molecule has 2 aromatic heterocycles. The molecule has 0 unspecified atom stereocenters. The highest BCUT2D eigenvalue weighted by molar-refractivity contribution is 5.91. The van der Waals surface area contributed by atoms with Crippen molar-refractivity contribution in [2.45, 2.75) is 44.6 Å². The van der Waals surface area contributed by atoms with Crippen LogP contribution >= 0.6 is 0 Å². The fourth-order valence-electron chi connectivity index (χ4n) is 3.58. The second-order valence-corrected chi connectivity index (χ2v) is 6.81. The van der Waals surface area contributed by atoms with Gasteiger partial charge in [-0.25, -0.2) is 9.36 Å². The van der Waals surface area contributed by atoms with E-state index in [0.29, 0.717) is 12.5 Å². The van der Waals surface area contributed by atoms with Gasteiger partial charge in [0.1, 0.15) is 5.82 Å². The van der Waals surface area contributed by atoms with Crippen molar-refractivity contribution in [3.63, 3.8) is 0 Å². The van der Waals surface area contributed by atoms with Crippen molar-refractivity contribution < 1.29 is 4.79 Å². The zero-order chi connectivity index (χ0) is 17.8. The minimum atomic E-state index is -0.0461. The monoisotopic (exact) mass is 349 g/mol. The fraction of sp³-hybridized carbons (Fsp3) is 0.350. The Balaban J connectivity index is 1.41. The lowest BCUT2D eigenvalue weighted by atomic mass is 9.96. The minimum absolute atomic E-state index is 0.0461. The van der Waals surface area contributed by atoms with Gasteiger partial charge in [0, 0.05) is 12.3 Å². The van der Waals surface area contributed by atoms with Gasteiger partial charge in [0.05, 0.1) is 30.5 Å². The van der Waals surface area contributed by atoms with Gasteiger partial charge >= 0.3 is 0 Å². The number of aromatic nitrogens is 4. The molecule has 134 valence electrons. The van der Waals surface area contributed by atoms with E-state index >= 15 is 0 Å². The molecular formula is C20H23N5O. The molecule has 2 heterocycles. The van der Waals surface area contributed by atoms with E-state index in [-0.39, 0.29) is 5.91 Å². The maximum absolute atomic E-state index is 12.5. The van der Waals surface area contributed by atoms with Gasteiger partial charge in [-0.15, -0.1) is 0 Å². The smallest absolute Gasteiger partial charge is 0.230 e. The van der Waals surface area contributed by atoms with Gasteiger partial charge < -0.3 is 5.32 Å². The second kappa shape index (κ2) is 7.56. The van der Waals surface area contributed by atoms with Crippen LogP contribution < -0.4 is 5.32 Å². The molecule has 6 heteroatoms. The predicted molar refractivity (Wildman–Crippen MR) is 100 cm³/mol. The molecule has 26 heavy (non-hydrogen) atoms. The summed E-state index contributed by atoms with van der Waals surface area (Å²) < 4.78 is 3.76. The summed E-state index contributed by atoms with van der Waals surface area (Å²) in [6, 6.07) is 12.1. The number of hydrogen-bond donors (Lipinski definition) is 1. The Kier molecular flexibility index (Phi) is 4.82. The number of nitrogens with one attached hydrogen (secondary N) is 1. The molecule has 6 nitrogen and oxygen atoms in total. The third-order valence-electron chi connectivity index (χ3n) is 4.88. The summed E-state index contributed by atoms with van der Waals surface area (Å²) in [6.07, 6.45) is 11.7. The summed E-state index contributed by atoms with van der Waals surface area (Å²) >= 11 is 0. The van der Waals surface area contributed by atoms with Gasteiger partial charge in [-0.2, -0.15) is 10.2 Å². The quantitative estimate of drug-likeness (QED) is 0.763. The lowest BCUT2D eigenvalue weighted by Crippen LogP contribution is -2.21. The van der Waals surface area contributed by atoms with Crippen LogP contribution in [-0.4, -0.2) is 25.5 Å². The van der Waals surface area contributed by atoms with Crippen molar-refractivity contribution >= 4 is 11.7 Å². The first-order chi connectivity index (χ1) is 12.8. The first kappa shape index (κ1) is 16.6. The number of carbonyl (C=O) groups is 1. The van der Waals surface area contributed by atoms with Gasteiger partial charge in [0.25, 0.3) is 0 Å². The van der Waals surface area contributed by atoms with Gasteiger partial charge in [0.15, 0.2) is 0 Å². The summed E-state index contributed by atoms with van der Waals surface area (Å²) in [7, 11) is 0. The van der Waals surface area contributed by atoms with Crippen LogP contribution in [0.1, 0.15) is 43.7 Å². The Morgan fingerprint density at radius 1 is 1.08 bits per heavy atom. The molecule has 0 atom stereocenters. The Hall–Kier alpha value is -2.89. The van der Waals surface area contributed by atoms with E-state index in [1.165, 1.54) is 19.3 Å². The normalized spacial score (nSPS) is 15.1. The lowest BCUT2D eigenvalue weighted by Gasteiger charge is -2.23. The predicted octanol–water partition coefficient (Wildman–Crippen LogP) is 3.76. The molecular weight excluding hydrogens is 326 g/mol. The molecule has 1 fully saturated rings. The van der Waals surface area contributed by atoms with E-state index in [1.807, 2.05) is 47.3 Å². The molecule has 0 bridgehead atoms. The van der Waals surface area contributed by atoms with Crippen LogP contribution in [0, 0.1) is 0 Å². The summed E-state index contributed by atoms with van der Waals surface area (Å²) in [5, 5.41) is 11.8. The molecule has 3 aromatic rings. The number of para-hydroxylation sites is 1. The third kappa shape index (κ3) is 3.69. The molecule has 1 N–H and O–H groups in total. The standard InChI is InChI=1S/C20H23N5O/c26-20(13-16-14-22-24(15-16)17-7-3-1-4-8-17)23-19-11-12-21-25(19)18-9-5-2-6-10-18/h1,3-4,7-8,11-12,14-15,18H,2,5-6,9-10,13H2,(H,23,26). The molecule has 4 rings (SSSR count). The zero-order valence-corrected chi connectivity index (χ0v) is 14.7. The maximum Gasteiger partial charge on any atom is 0.230 e. The molecule has 0 spiro atoms.